The summed E-state index contributed by atoms with van der Waals surface area (Å²) in [5.74, 6) is -0.0261. The minimum absolute atomic E-state index is 0.0261. The number of hydrogen-bond acceptors (Lipinski definition) is 3. The molecule has 0 saturated carbocycles. The molecule has 0 aliphatic carbocycles. The van der Waals surface area contributed by atoms with E-state index < -0.39 is 0 Å². The fraction of sp³-hybridized carbons (Fsp3) is 0.235. The van der Waals surface area contributed by atoms with Gasteiger partial charge in [-0.3, -0.25) is 9.48 Å². The van der Waals surface area contributed by atoms with E-state index >= 15 is 0 Å². The Balaban J connectivity index is 1.50. The molecule has 0 bridgehead atoms. The van der Waals surface area contributed by atoms with Gasteiger partial charge in [0.25, 0.3) is 0 Å². The van der Waals surface area contributed by atoms with Gasteiger partial charge in [-0.1, -0.05) is 12.1 Å². The SMILES string of the molecule is CC(C(=O)NCCc1ccc(-n2cccn2)cc1)n1cccn1. The summed E-state index contributed by atoms with van der Waals surface area (Å²) in [6.45, 7) is 2.44. The number of nitrogens with zero attached hydrogens (tertiary/aromatic N) is 4. The van der Waals surface area contributed by atoms with Crippen molar-refractivity contribution < 1.29 is 4.79 Å². The van der Waals surface area contributed by atoms with Gasteiger partial charge in [0, 0.05) is 31.3 Å². The maximum atomic E-state index is 12.1. The minimum Gasteiger partial charge on any atom is -0.354 e. The highest BCUT2D eigenvalue weighted by Crippen LogP contribution is 2.09. The molecule has 1 unspecified atom stereocenters. The van der Waals surface area contributed by atoms with Crippen molar-refractivity contribution in [3.8, 4) is 5.69 Å². The van der Waals surface area contributed by atoms with Crippen LogP contribution in [-0.2, 0) is 11.2 Å². The molecule has 6 nitrogen and oxygen atoms in total. The molecule has 1 N–H and O–H groups in total. The molecule has 1 aromatic carbocycles. The predicted molar refractivity (Wildman–Crippen MR) is 87.2 cm³/mol. The zero-order valence-corrected chi connectivity index (χ0v) is 13.0. The fourth-order valence-corrected chi connectivity index (χ4v) is 2.34. The van der Waals surface area contributed by atoms with E-state index in [0.717, 1.165) is 12.1 Å². The van der Waals surface area contributed by atoms with E-state index in [4.69, 9.17) is 0 Å². The van der Waals surface area contributed by atoms with E-state index in [-0.39, 0.29) is 11.9 Å². The van der Waals surface area contributed by atoms with Crippen LogP contribution in [0.2, 0.25) is 0 Å². The van der Waals surface area contributed by atoms with Gasteiger partial charge >= 0.3 is 0 Å². The predicted octanol–water partition coefficient (Wildman–Crippen LogP) is 1.99. The summed E-state index contributed by atoms with van der Waals surface area (Å²) in [5.41, 5.74) is 2.20. The smallest absolute Gasteiger partial charge is 0.244 e. The van der Waals surface area contributed by atoms with Crippen molar-refractivity contribution in [1.29, 1.82) is 0 Å². The molecule has 0 fully saturated rings. The Morgan fingerprint density at radius 3 is 2.52 bits per heavy atom. The largest absolute Gasteiger partial charge is 0.354 e. The molecule has 0 spiro atoms. The van der Waals surface area contributed by atoms with Crippen molar-refractivity contribution in [2.24, 2.45) is 0 Å². The van der Waals surface area contributed by atoms with E-state index in [1.165, 1.54) is 5.56 Å². The Kier molecular flexibility index (Phi) is 4.52. The van der Waals surface area contributed by atoms with Crippen LogP contribution in [0.1, 0.15) is 18.5 Å². The summed E-state index contributed by atoms with van der Waals surface area (Å²) in [6.07, 6.45) is 7.91. The lowest BCUT2D eigenvalue weighted by molar-refractivity contribution is -0.124. The lowest BCUT2D eigenvalue weighted by atomic mass is 10.1. The van der Waals surface area contributed by atoms with Crippen LogP contribution in [-0.4, -0.2) is 32.0 Å². The molecule has 3 aromatic rings. The van der Waals surface area contributed by atoms with Gasteiger partial charge in [0.15, 0.2) is 0 Å². The lowest BCUT2D eigenvalue weighted by Gasteiger charge is -2.12. The monoisotopic (exact) mass is 309 g/mol. The summed E-state index contributed by atoms with van der Waals surface area (Å²) >= 11 is 0. The van der Waals surface area contributed by atoms with Gasteiger partial charge < -0.3 is 5.32 Å². The van der Waals surface area contributed by atoms with Crippen molar-refractivity contribution >= 4 is 5.91 Å². The maximum Gasteiger partial charge on any atom is 0.244 e. The molecule has 118 valence electrons. The number of carbonyl (C=O) groups excluding carboxylic acids is 1. The average Bonchev–Trinajstić information content (AvgIpc) is 3.28. The molecule has 3 rings (SSSR count). The average molecular weight is 309 g/mol. The molecule has 0 aliphatic heterocycles. The van der Waals surface area contributed by atoms with E-state index in [1.54, 1.807) is 23.3 Å². The number of aromatic nitrogens is 4. The summed E-state index contributed by atoms with van der Waals surface area (Å²) < 4.78 is 3.46. The van der Waals surface area contributed by atoms with Crippen LogP contribution in [0, 0.1) is 0 Å². The number of nitrogens with one attached hydrogen (secondary N) is 1. The number of amides is 1. The van der Waals surface area contributed by atoms with Crippen LogP contribution >= 0.6 is 0 Å². The summed E-state index contributed by atoms with van der Waals surface area (Å²) in [5, 5.41) is 11.2. The second kappa shape index (κ2) is 6.91. The molecular formula is C17H19N5O. The van der Waals surface area contributed by atoms with E-state index in [0.29, 0.717) is 6.54 Å². The first-order valence-corrected chi connectivity index (χ1v) is 7.60. The first-order valence-electron chi connectivity index (χ1n) is 7.60. The molecule has 2 aromatic heterocycles. The fourth-order valence-electron chi connectivity index (χ4n) is 2.34. The lowest BCUT2D eigenvalue weighted by Crippen LogP contribution is -2.32. The van der Waals surface area contributed by atoms with Gasteiger partial charge in [0.1, 0.15) is 6.04 Å². The Labute approximate surface area is 134 Å². The third-order valence-corrected chi connectivity index (χ3v) is 3.72. The number of carbonyl (C=O) groups is 1. The molecule has 1 atom stereocenters. The standard InChI is InChI=1S/C17H19N5O/c1-14(21-12-2-9-19-21)17(23)18-11-8-15-4-6-16(7-5-15)22-13-3-10-20-22/h2-7,9-10,12-14H,8,11H2,1H3,(H,18,23). The van der Waals surface area contributed by atoms with Crippen LogP contribution in [0.4, 0.5) is 0 Å². The zero-order chi connectivity index (χ0) is 16.1. The van der Waals surface area contributed by atoms with Crippen LogP contribution in [0.5, 0.6) is 0 Å². The van der Waals surface area contributed by atoms with Crippen LogP contribution in [0.3, 0.4) is 0 Å². The van der Waals surface area contributed by atoms with E-state index in [9.17, 15) is 4.79 Å². The molecule has 2 heterocycles. The molecular weight excluding hydrogens is 290 g/mol. The first-order chi connectivity index (χ1) is 11.2. The second-order valence-corrected chi connectivity index (χ2v) is 5.32. The number of rotatable bonds is 6. The molecule has 1 amide bonds. The molecule has 0 radical (unpaired) electrons. The molecule has 23 heavy (non-hydrogen) atoms. The van der Waals surface area contributed by atoms with Gasteiger partial charge in [0.2, 0.25) is 5.91 Å². The van der Waals surface area contributed by atoms with Gasteiger partial charge in [-0.15, -0.1) is 0 Å². The van der Waals surface area contributed by atoms with Crippen LogP contribution < -0.4 is 5.32 Å². The van der Waals surface area contributed by atoms with Crippen molar-refractivity contribution in [3.63, 3.8) is 0 Å². The summed E-state index contributed by atoms with van der Waals surface area (Å²) in [7, 11) is 0. The van der Waals surface area contributed by atoms with E-state index in [1.807, 2.05) is 42.1 Å². The Morgan fingerprint density at radius 1 is 1.13 bits per heavy atom. The second-order valence-electron chi connectivity index (χ2n) is 5.32. The van der Waals surface area contributed by atoms with Crippen molar-refractivity contribution in [2.45, 2.75) is 19.4 Å². The topological polar surface area (TPSA) is 64.7 Å². The number of benzene rings is 1. The van der Waals surface area contributed by atoms with Gasteiger partial charge in [0.05, 0.1) is 5.69 Å². The number of hydrogen-bond donors (Lipinski definition) is 1. The molecule has 0 saturated heterocycles. The Hall–Kier alpha value is -2.89. The van der Waals surface area contributed by atoms with Gasteiger partial charge in [-0.25, -0.2) is 4.68 Å². The highest BCUT2D eigenvalue weighted by Gasteiger charge is 2.13. The summed E-state index contributed by atoms with van der Waals surface area (Å²) in [6, 6.07) is 11.6. The highest BCUT2D eigenvalue weighted by atomic mass is 16.2. The third-order valence-electron chi connectivity index (χ3n) is 3.72. The Bertz CT molecular complexity index is 732. The summed E-state index contributed by atoms with van der Waals surface area (Å²) in [4.78, 5) is 12.1. The molecule has 0 aliphatic rings. The normalized spacial score (nSPS) is 12.0. The van der Waals surface area contributed by atoms with Crippen molar-refractivity contribution in [2.75, 3.05) is 6.54 Å². The highest BCUT2D eigenvalue weighted by molar-refractivity contribution is 5.79. The van der Waals surface area contributed by atoms with Gasteiger partial charge in [-0.05, 0) is 43.2 Å². The van der Waals surface area contributed by atoms with Crippen molar-refractivity contribution in [1.82, 2.24) is 24.9 Å². The van der Waals surface area contributed by atoms with Crippen molar-refractivity contribution in [3.05, 3.63) is 66.7 Å². The maximum absolute atomic E-state index is 12.1. The quantitative estimate of drug-likeness (QED) is 0.757. The zero-order valence-electron chi connectivity index (χ0n) is 13.0. The third kappa shape index (κ3) is 3.66. The Morgan fingerprint density at radius 2 is 1.87 bits per heavy atom. The first kappa shape index (κ1) is 15.0. The van der Waals surface area contributed by atoms with Gasteiger partial charge in [-0.2, -0.15) is 10.2 Å². The van der Waals surface area contributed by atoms with Crippen LogP contribution in [0.15, 0.2) is 61.2 Å². The minimum atomic E-state index is -0.299. The van der Waals surface area contributed by atoms with E-state index in [2.05, 4.69) is 27.6 Å². The molecule has 6 heteroatoms. The van der Waals surface area contributed by atoms with Crippen LogP contribution in [0.25, 0.3) is 5.69 Å².